The summed E-state index contributed by atoms with van der Waals surface area (Å²) in [6.07, 6.45) is 4.63. The van der Waals surface area contributed by atoms with Gasteiger partial charge in [0.15, 0.2) is 0 Å². The van der Waals surface area contributed by atoms with Crippen molar-refractivity contribution in [3.8, 4) is 0 Å². The van der Waals surface area contributed by atoms with Gasteiger partial charge in [-0.3, -0.25) is 4.79 Å². The summed E-state index contributed by atoms with van der Waals surface area (Å²) in [7, 11) is 0. The van der Waals surface area contributed by atoms with Crippen molar-refractivity contribution in [1.82, 2.24) is 5.32 Å². The van der Waals surface area contributed by atoms with Crippen molar-refractivity contribution in [2.45, 2.75) is 63.7 Å². The second-order valence-electron chi connectivity index (χ2n) is 6.46. The quantitative estimate of drug-likeness (QED) is 0.827. The van der Waals surface area contributed by atoms with Gasteiger partial charge in [0.2, 0.25) is 5.91 Å². The zero-order valence-corrected chi connectivity index (χ0v) is 13.0. The van der Waals surface area contributed by atoms with Crippen LogP contribution in [0.4, 0.5) is 0 Å². The number of amides is 1. The summed E-state index contributed by atoms with van der Waals surface area (Å²) in [5, 5.41) is 3.22. The predicted octanol–water partition coefficient (Wildman–Crippen LogP) is 2.54. The van der Waals surface area contributed by atoms with Crippen LogP contribution < -0.4 is 11.1 Å². The molecule has 106 valence electrons. The fraction of sp³-hybridized carbons (Fsp3) is 0.929. The van der Waals surface area contributed by atoms with E-state index in [0.717, 1.165) is 6.42 Å². The van der Waals surface area contributed by atoms with Crippen molar-refractivity contribution < 1.29 is 4.79 Å². The van der Waals surface area contributed by atoms with Gasteiger partial charge in [-0.05, 0) is 18.8 Å². The van der Waals surface area contributed by atoms with Gasteiger partial charge in [0.05, 0.1) is 11.3 Å². The van der Waals surface area contributed by atoms with Crippen molar-refractivity contribution in [2.75, 3.05) is 12.3 Å². The lowest BCUT2D eigenvalue weighted by Gasteiger charge is -2.42. The lowest BCUT2D eigenvalue weighted by Crippen LogP contribution is -2.59. The zero-order chi connectivity index (χ0) is 13.8. The number of carbonyl (C=O) groups excluding carboxylic acids is 1. The second-order valence-corrected chi connectivity index (χ2v) is 8.26. The summed E-state index contributed by atoms with van der Waals surface area (Å²) in [6.45, 7) is 9.16. The number of nitrogens with one attached hydrogen (secondary N) is 1. The minimum absolute atomic E-state index is 0.130. The molecular formula is C14H28N2OS. The van der Waals surface area contributed by atoms with Crippen LogP contribution in [0.3, 0.4) is 0 Å². The monoisotopic (exact) mass is 272 g/mol. The molecule has 18 heavy (non-hydrogen) atoms. The highest BCUT2D eigenvalue weighted by atomic mass is 32.2. The van der Waals surface area contributed by atoms with E-state index >= 15 is 0 Å². The molecule has 0 aromatic rings. The maximum absolute atomic E-state index is 12.1. The molecule has 0 aromatic carbocycles. The largest absolute Gasteiger partial charge is 0.348 e. The Kier molecular flexibility index (Phi) is 5.53. The van der Waals surface area contributed by atoms with E-state index in [9.17, 15) is 4.79 Å². The Morgan fingerprint density at radius 2 is 2.11 bits per heavy atom. The number of hydrogen-bond acceptors (Lipinski definition) is 3. The van der Waals surface area contributed by atoms with E-state index in [1.807, 2.05) is 0 Å². The highest BCUT2D eigenvalue weighted by molar-refractivity contribution is 8.01. The normalized spacial score (nSPS) is 29.1. The van der Waals surface area contributed by atoms with Gasteiger partial charge in [-0.15, -0.1) is 11.8 Å². The van der Waals surface area contributed by atoms with Crippen LogP contribution in [0, 0.1) is 5.92 Å². The molecule has 0 spiro atoms. The van der Waals surface area contributed by atoms with E-state index in [-0.39, 0.29) is 16.2 Å². The SMILES string of the molecule is CC1CCCCC1(CN)NC(=O)CSC(C)(C)C. The van der Waals surface area contributed by atoms with E-state index in [4.69, 9.17) is 5.73 Å². The van der Waals surface area contributed by atoms with Crippen LogP contribution in [0.5, 0.6) is 0 Å². The van der Waals surface area contributed by atoms with Gasteiger partial charge < -0.3 is 11.1 Å². The Morgan fingerprint density at radius 3 is 2.61 bits per heavy atom. The average Bonchev–Trinajstić information content (AvgIpc) is 2.29. The molecular weight excluding hydrogens is 244 g/mol. The Hall–Kier alpha value is -0.220. The first kappa shape index (κ1) is 15.8. The molecule has 3 nitrogen and oxygen atoms in total. The number of rotatable bonds is 4. The summed E-state index contributed by atoms with van der Waals surface area (Å²) < 4.78 is 0.130. The molecule has 4 heteroatoms. The molecule has 1 amide bonds. The Balaban J connectivity index is 2.54. The van der Waals surface area contributed by atoms with Crippen molar-refractivity contribution >= 4 is 17.7 Å². The molecule has 0 aromatic heterocycles. The van der Waals surface area contributed by atoms with E-state index in [1.54, 1.807) is 11.8 Å². The molecule has 2 atom stereocenters. The first-order chi connectivity index (χ1) is 8.29. The van der Waals surface area contributed by atoms with Gasteiger partial charge >= 0.3 is 0 Å². The smallest absolute Gasteiger partial charge is 0.230 e. The van der Waals surface area contributed by atoms with E-state index in [2.05, 4.69) is 33.0 Å². The van der Waals surface area contributed by atoms with Gasteiger partial charge in [-0.25, -0.2) is 0 Å². The summed E-state index contributed by atoms with van der Waals surface area (Å²) in [5.74, 6) is 1.15. The minimum Gasteiger partial charge on any atom is -0.348 e. The third-order valence-corrected chi connectivity index (χ3v) is 5.11. The van der Waals surface area contributed by atoms with Gasteiger partial charge in [-0.1, -0.05) is 40.5 Å². The lowest BCUT2D eigenvalue weighted by molar-refractivity contribution is -0.121. The van der Waals surface area contributed by atoms with E-state index in [0.29, 0.717) is 18.2 Å². The number of carbonyl (C=O) groups is 1. The molecule has 0 aliphatic heterocycles. The molecule has 0 saturated heterocycles. The molecule has 1 saturated carbocycles. The Labute approximate surface area is 116 Å². The van der Waals surface area contributed by atoms with E-state index in [1.165, 1.54) is 19.3 Å². The lowest BCUT2D eigenvalue weighted by atomic mass is 9.73. The summed E-state index contributed by atoms with van der Waals surface area (Å²) in [4.78, 5) is 12.1. The van der Waals surface area contributed by atoms with Crippen LogP contribution in [0.1, 0.15) is 53.4 Å². The zero-order valence-electron chi connectivity index (χ0n) is 12.2. The van der Waals surface area contributed by atoms with E-state index < -0.39 is 0 Å². The van der Waals surface area contributed by atoms with Gasteiger partial charge in [0.25, 0.3) is 0 Å². The number of nitrogens with two attached hydrogens (primary N) is 1. The Bertz CT molecular complexity index is 288. The number of thioether (sulfide) groups is 1. The minimum atomic E-state index is -0.159. The van der Waals surface area contributed by atoms with Crippen molar-refractivity contribution in [3.63, 3.8) is 0 Å². The van der Waals surface area contributed by atoms with Crippen LogP contribution in [-0.4, -0.2) is 28.5 Å². The van der Waals surface area contributed by atoms with Crippen molar-refractivity contribution in [1.29, 1.82) is 0 Å². The standard InChI is InChI=1S/C14H28N2OS/c1-11-7-5-6-8-14(11,10-15)16-12(17)9-18-13(2,3)4/h11H,5-10,15H2,1-4H3,(H,16,17). The molecule has 1 rings (SSSR count). The molecule has 0 radical (unpaired) electrons. The third kappa shape index (κ3) is 4.47. The molecule has 2 unspecified atom stereocenters. The van der Waals surface area contributed by atoms with Crippen LogP contribution >= 0.6 is 11.8 Å². The topological polar surface area (TPSA) is 55.1 Å². The molecule has 3 N–H and O–H groups in total. The van der Waals surface area contributed by atoms with Crippen LogP contribution in [-0.2, 0) is 4.79 Å². The van der Waals surface area contributed by atoms with Crippen LogP contribution in [0.2, 0.25) is 0 Å². The summed E-state index contributed by atoms with van der Waals surface area (Å²) in [5.41, 5.74) is 5.78. The molecule has 1 fully saturated rings. The van der Waals surface area contributed by atoms with Crippen molar-refractivity contribution in [3.05, 3.63) is 0 Å². The van der Waals surface area contributed by atoms with Crippen molar-refractivity contribution in [2.24, 2.45) is 11.7 Å². The highest BCUT2D eigenvalue weighted by Gasteiger charge is 2.38. The van der Waals surface area contributed by atoms with Crippen LogP contribution in [0.15, 0.2) is 0 Å². The van der Waals surface area contributed by atoms with Gasteiger partial charge in [0, 0.05) is 11.3 Å². The fourth-order valence-electron chi connectivity index (χ4n) is 2.55. The first-order valence-electron chi connectivity index (χ1n) is 6.94. The molecule has 1 aliphatic rings. The fourth-order valence-corrected chi connectivity index (χ4v) is 3.19. The highest BCUT2D eigenvalue weighted by Crippen LogP contribution is 2.33. The number of hydrogen-bond donors (Lipinski definition) is 2. The predicted molar refractivity (Wildman–Crippen MR) is 79.8 cm³/mol. The van der Waals surface area contributed by atoms with Crippen LogP contribution in [0.25, 0.3) is 0 Å². The van der Waals surface area contributed by atoms with Gasteiger partial charge in [0.1, 0.15) is 0 Å². The Morgan fingerprint density at radius 1 is 1.44 bits per heavy atom. The molecule has 0 bridgehead atoms. The first-order valence-corrected chi connectivity index (χ1v) is 7.93. The second kappa shape index (κ2) is 6.29. The maximum atomic E-state index is 12.1. The third-order valence-electron chi connectivity index (χ3n) is 3.84. The molecule has 0 heterocycles. The molecule has 1 aliphatic carbocycles. The van der Waals surface area contributed by atoms with Gasteiger partial charge in [-0.2, -0.15) is 0 Å². The average molecular weight is 272 g/mol. The summed E-state index contributed by atoms with van der Waals surface area (Å²) >= 11 is 1.69. The summed E-state index contributed by atoms with van der Waals surface area (Å²) in [6, 6.07) is 0. The maximum Gasteiger partial charge on any atom is 0.230 e.